The molecule has 144 valence electrons. The number of hydrogen-bond acceptors (Lipinski definition) is 5. The average molecular weight is 361 g/mol. The Morgan fingerprint density at radius 1 is 1.23 bits per heavy atom. The summed E-state index contributed by atoms with van der Waals surface area (Å²) in [6, 6.07) is 0. The van der Waals surface area contributed by atoms with Gasteiger partial charge in [0.15, 0.2) is 5.82 Å². The Labute approximate surface area is 156 Å². The van der Waals surface area contributed by atoms with E-state index < -0.39 is 0 Å². The number of nitrogens with zero attached hydrogens (tertiary/aromatic N) is 4. The third-order valence-corrected chi connectivity index (χ3v) is 6.42. The van der Waals surface area contributed by atoms with Gasteiger partial charge in [0.1, 0.15) is 0 Å². The van der Waals surface area contributed by atoms with Gasteiger partial charge in [0.05, 0.1) is 12.0 Å². The van der Waals surface area contributed by atoms with Gasteiger partial charge in [-0.3, -0.25) is 9.69 Å². The van der Waals surface area contributed by atoms with E-state index in [1.54, 1.807) is 0 Å². The molecule has 1 atom stereocenters. The lowest BCUT2D eigenvalue weighted by molar-refractivity contribution is -0.146. The second-order valence-electron chi connectivity index (χ2n) is 9.09. The van der Waals surface area contributed by atoms with Crippen LogP contribution in [0.5, 0.6) is 0 Å². The molecule has 26 heavy (non-hydrogen) atoms. The molecule has 6 heteroatoms. The molecule has 0 aromatic carbocycles. The fourth-order valence-corrected chi connectivity index (χ4v) is 4.77. The zero-order valence-electron chi connectivity index (χ0n) is 16.2. The van der Waals surface area contributed by atoms with Gasteiger partial charge in [-0.25, -0.2) is 0 Å². The minimum Gasteiger partial charge on any atom is -0.342 e. The molecule has 0 N–H and O–H groups in total. The number of likely N-dealkylation sites (tertiary alicyclic amines) is 2. The normalized spacial score (nSPS) is 27.7. The van der Waals surface area contributed by atoms with Gasteiger partial charge < -0.3 is 9.42 Å². The van der Waals surface area contributed by atoms with E-state index in [1.165, 1.54) is 19.3 Å². The van der Waals surface area contributed by atoms with Crippen LogP contribution in [0.4, 0.5) is 0 Å². The molecule has 2 aliphatic heterocycles. The monoisotopic (exact) mass is 360 g/mol. The number of piperidine rings is 1. The first-order valence-electron chi connectivity index (χ1n) is 10.4. The standard InChI is InChI=1S/C20H32N4O2/c1-15(2)11-18-21-17(22-26-18)13-23-10-8-20(14-23)7-4-9-24(19(20)25)12-16-5-3-6-16/h15-16H,3-14H2,1-2H3/t20-/m0/s1. The first kappa shape index (κ1) is 18.0. The Hall–Kier alpha value is -1.43. The number of rotatable bonds is 6. The summed E-state index contributed by atoms with van der Waals surface area (Å²) in [4.78, 5) is 22.2. The quantitative estimate of drug-likeness (QED) is 0.780. The molecular weight excluding hydrogens is 328 g/mol. The van der Waals surface area contributed by atoms with E-state index in [9.17, 15) is 4.79 Å². The average Bonchev–Trinajstić information content (AvgIpc) is 3.15. The topological polar surface area (TPSA) is 62.5 Å². The van der Waals surface area contributed by atoms with Crippen LogP contribution in [0.15, 0.2) is 4.52 Å². The highest BCUT2D eigenvalue weighted by atomic mass is 16.5. The van der Waals surface area contributed by atoms with Gasteiger partial charge >= 0.3 is 0 Å². The van der Waals surface area contributed by atoms with Crippen LogP contribution in [-0.2, 0) is 17.8 Å². The Balaban J connectivity index is 1.35. The fraction of sp³-hybridized carbons (Fsp3) is 0.850. The van der Waals surface area contributed by atoms with Gasteiger partial charge in [0.2, 0.25) is 11.8 Å². The van der Waals surface area contributed by atoms with Gasteiger partial charge in [-0.15, -0.1) is 0 Å². The van der Waals surface area contributed by atoms with Crippen molar-refractivity contribution >= 4 is 5.91 Å². The third-order valence-electron chi connectivity index (χ3n) is 6.42. The van der Waals surface area contributed by atoms with Gasteiger partial charge in [-0.2, -0.15) is 4.98 Å². The molecule has 1 spiro atoms. The lowest BCUT2D eigenvalue weighted by Gasteiger charge is -2.42. The minimum absolute atomic E-state index is 0.160. The van der Waals surface area contributed by atoms with Crippen LogP contribution >= 0.6 is 0 Å². The predicted octanol–water partition coefficient (Wildman–Crippen LogP) is 2.88. The summed E-state index contributed by atoms with van der Waals surface area (Å²) in [5, 5.41) is 4.14. The van der Waals surface area contributed by atoms with Crippen LogP contribution in [-0.4, -0.2) is 52.0 Å². The first-order chi connectivity index (χ1) is 12.5. The number of carbonyl (C=O) groups excluding carboxylic acids is 1. The largest absolute Gasteiger partial charge is 0.342 e. The van der Waals surface area contributed by atoms with Crippen LogP contribution in [0.3, 0.4) is 0 Å². The number of carbonyl (C=O) groups is 1. The predicted molar refractivity (Wildman–Crippen MR) is 98.3 cm³/mol. The summed E-state index contributed by atoms with van der Waals surface area (Å²) in [5.41, 5.74) is -0.160. The summed E-state index contributed by atoms with van der Waals surface area (Å²) in [6.45, 7) is 8.75. The Bertz CT molecular complexity index is 640. The van der Waals surface area contributed by atoms with Crippen molar-refractivity contribution in [3.8, 4) is 0 Å². The van der Waals surface area contributed by atoms with E-state index >= 15 is 0 Å². The van der Waals surface area contributed by atoms with Crippen molar-refractivity contribution in [3.05, 3.63) is 11.7 Å². The van der Waals surface area contributed by atoms with Crippen molar-refractivity contribution in [2.24, 2.45) is 17.3 Å². The van der Waals surface area contributed by atoms with Gasteiger partial charge in [0.25, 0.3) is 0 Å². The van der Waals surface area contributed by atoms with Gasteiger partial charge in [-0.05, 0) is 50.5 Å². The van der Waals surface area contributed by atoms with Crippen LogP contribution in [0.1, 0.15) is 64.1 Å². The highest BCUT2D eigenvalue weighted by Crippen LogP contribution is 2.41. The molecule has 3 fully saturated rings. The lowest BCUT2D eigenvalue weighted by Crippen LogP contribution is -2.51. The van der Waals surface area contributed by atoms with E-state index in [1.807, 2.05) is 0 Å². The van der Waals surface area contributed by atoms with Gasteiger partial charge in [-0.1, -0.05) is 25.4 Å². The summed E-state index contributed by atoms with van der Waals surface area (Å²) in [6.07, 6.45) is 7.94. The summed E-state index contributed by atoms with van der Waals surface area (Å²) in [7, 11) is 0. The molecule has 4 rings (SSSR count). The Morgan fingerprint density at radius 2 is 2.08 bits per heavy atom. The maximum absolute atomic E-state index is 13.2. The third kappa shape index (κ3) is 3.66. The number of amides is 1. The zero-order chi connectivity index (χ0) is 18.1. The summed E-state index contributed by atoms with van der Waals surface area (Å²) < 4.78 is 5.36. The Kier molecular flexibility index (Phi) is 5.04. The summed E-state index contributed by atoms with van der Waals surface area (Å²) >= 11 is 0. The van der Waals surface area contributed by atoms with Crippen molar-refractivity contribution in [1.82, 2.24) is 19.9 Å². The highest BCUT2D eigenvalue weighted by molar-refractivity contribution is 5.84. The second kappa shape index (κ2) is 7.29. The molecule has 3 heterocycles. The van der Waals surface area contributed by atoms with Gasteiger partial charge in [0, 0.05) is 26.1 Å². The van der Waals surface area contributed by atoms with E-state index in [0.717, 1.165) is 69.5 Å². The van der Waals surface area contributed by atoms with E-state index in [4.69, 9.17) is 4.52 Å². The molecule has 1 amide bonds. The number of hydrogen-bond donors (Lipinski definition) is 0. The molecule has 0 radical (unpaired) electrons. The van der Waals surface area contributed by atoms with Crippen molar-refractivity contribution in [3.63, 3.8) is 0 Å². The maximum Gasteiger partial charge on any atom is 0.230 e. The maximum atomic E-state index is 13.2. The minimum atomic E-state index is -0.160. The van der Waals surface area contributed by atoms with Crippen LogP contribution < -0.4 is 0 Å². The van der Waals surface area contributed by atoms with E-state index in [2.05, 4.69) is 33.8 Å². The van der Waals surface area contributed by atoms with E-state index in [-0.39, 0.29) is 5.41 Å². The van der Waals surface area contributed by atoms with Crippen molar-refractivity contribution in [2.45, 2.75) is 65.3 Å². The zero-order valence-corrected chi connectivity index (χ0v) is 16.2. The molecule has 2 saturated heterocycles. The lowest BCUT2D eigenvalue weighted by atomic mass is 9.77. The van der Waals surface area contributed by atoms with Crippen molar-refractivity contribution in [2.75, 3.05) is 26.2 Å². The molecule has 0 unspecified atom stereocenters. The van der Waals surface area contributed by atoms with Crippen molar-refractivity contribution in [1.29, 1.82) is 0 Å². The summed E-state index contributed by atoms with van der Waals surface area (Å²) in [5.74, 6) is 3.16. The first-order valence-corrected chi connectivity index (χ1v) is 10.4. The van der Waals surface area contributed by atoms with Crippen LogP contribution in [0.25, 0.3) is 0 Å². The Morgan fingerprint density at radius 3 is 2.81 bits per heavy atom. The smallest absolute Gasteiger partial charge is 0.230 e. The molecule has 1 saturated carbocycles. The molecular formula is C20H32N4O2. The molecule has 0 bridgehead atoms. The molecule has 3 aliphatic rings. The highest BCUT2D eigenvalue weighted by Gasteiger charge is 2.48. The molecule has 6 nitrogen and oxygen atoms in total. The number of aromatic nitrogens is 2. The second-order valence-corrected chi connectivity index (χ2v) is 9.09. The van der Waals surface area contributed by atoms with Crippen LogP contribution in [0.2, 0.25) is 0 Å². The van der Waals surface area contributed by atoms with Crippen LogP contribution in [0, 0.1) is 17.3 Å². The fourth-order valence-electron chi connectivity index (χ4n) is 4.77. The van der Waals surface area contributed by atoms with E-state index in [0.29, 0.717) is 18.4 Å². The van der Waals surface area contributed by atoms with Crippen molar-refractivity contribution < 1.29 is 9.32 Å². The SMILES string of the molecule is CC(C)Cc1nc(CN2CC[C@@]3(CCCN(CC4CCC4)C3=O)C2)no1. The molecule has 1 aromatic heterocycles. The molecule has 1 aliphatic carbocycles. The molecule has 1 aromatic rings.